The fourth-order valence-electron chi connectivity index (χ4n) is 1.23. The van der Waals surface area contributed by atoms with Crippen LogP contribution in [0.2, 0.25) is 19.6 Å². The van der Waals surface area contributed by atoms with Gasteiger partial charge in [-0.15, -0.1) is 0 Å². The Bertz CT molecular complexity index is 169. The highest BCUT2D eigenvalue weighted by Crippen LogP contribution is 2.27. The van der Waals surface area contributed by atoms with Gasteiger partial charge in [-0.1, -0.05) is 44.8 Å². The van der Waals surface area contributed by atoms with E-state index in [0.717, 1.165) is 0 Å². The summed E-state index contributed by atoms with van der Waals surface area (Å²) in [6.45, 7) is 9.25. The summed E-state index contributed by atoms with van der Waals surface area (Å²) in [5.41, 5.74) is 2.38. The van der Waals surface area contributed by atoms with E-state index in [-0.39, 0.29) is 0 Å². The predicted molar refractivity (Wildman–Crippen MR) is 56.1 cm³/mol. The number of hydrogen-bond donors (Lipinski definition) is 0. The molecule has 0 amide bonds. The van der Waals surface area contributed by atoms with Crippen molar-refractivity contribution in [2.24, 2.45) is 0 Å². The third-order valence-electron chi connectivity index (χ3n) is 1.98. The van der Waals surface area contributed by atoms with Gasteiger partial charge >= 0.3 is 0 Å². The zero-order valence-electron chi connectivity index (χ0n) is 8.63. The molecule has 2 atom stereocenters. The van der Waals surface area contributed by atoms with Crippen molar-refractivity contribution < 1.29 is 4.74 Å². The molecule has 0 saturated carbocycles. The molecule has 1 rings (SSSR count). The largest absolute Gasteiger partial charge is 0.365 e. The lowest BCUT2D eigenvalue weighted by molar-refractivity contribution is 0.378. The highest BCUT2D eigenvalue weighted by atomic mass is 28.3. The van der Waals surface area contributed by atoms with Gasteiger partial charge in [0.25, 0.3) is 0 Å². The van der Waals surface area contributed by atoms with E-state index in [9.17, 15) is 0 Å². The van der Waals surface area contributed by atoms with Gasteiger partial charge in [0, 0.05) is 0 Å². The van der Waals surface area contributed by atoms with Gasteiger partial charge < -0.3 is 4.74 Å². The van der Waals surface area contributed by atoms with Crippen LogP contribution < -0.4 is 0 Å². The summed E-state index contributed by atoms with van der Waals surface area (Å²) in [5.74, 6) is 0. The Morgan fingerprint density at radius 3 is 2.50 bits per heavy atom. The summed E-state index contributed by atoms with van der Waals surface area (Å²) in [4.78, 5) is 0. The van der Waals surface area contributed by atoms with Gasteiger partial charge in [0.15, 0.2) is 0 Å². The molecule has 12 heavy (non-hydrogen) atoms. The maximum atomic E-state index is 5.49. The molecule has 1 nitrogen and oxygen atoms in total. The van der Waals surface area contributed by atoms with E-state index in [2.05, 4.69) is 38.3 Å². The van der Waals surface area contributed by atoms with E-state index in [1.807, 2.05) is 0 Å². The fraction of sp³-hybridized carbons (Fsp3) is 0.800. The quantitative estimate of drug-likeness (QED) is 0.483. The molecule has 0 aliphatic carbocycles. The van der Waals surface area contributed by atoms with E-state index in [1.165, 1.54) is 12.8 Å². The van der Waals surface area contributed by atoms with Gasteiger partial charge in [-0.3, -0.25) is 0 Å². The maximum Gasteiger partial charge on any atom is 0.102 e. The van der Waals surface area contributed by atoms with Crippen molar-refractivity contribution in [3.8, 4) is 0 Å². The van der Waals surface area contributed by atoms with Crippen LogP contribution in [-0.2, 0) is 4.74 Å². The normalized spacial score (nSPS) is 29.7. The smallest absolute Gasteiger partial charge is 0.102 e. The highest BCUT2D eigenvalue weighted by Gasteiger charge is 2.35. The summed E-state index contributed by atoms with van der Waals surface area (Å²) < 4.78 is 5.49. The third-order valence-corrected chi connectivity index (χ3v) is 3.17. The Morgan fingerprint density at radius 1 is 1.33 bits per heavy atom. The Morgan fingerprint density at radius 2 is 2.00 bits per heavy atom. The number of epoxide rings is 1. The summed E-state index contributed by atoms with van der Waals surface area (Å²) in [6.07, 6.45) is 5.73. The molecular formula is C10H20OSi. The molecule has 1 aliphatic heterocycles. The second-order valence-corrected chi connectivity index (χ2v) is 9.72. The molecule has 1 heterocycles. The third kappa shape index (κ3) is 3.54. The molecule has 1 fully saturated rings. The van der Waals surface area contributed by atoms with Gasteiger partial charge in [-0.25, -0.2) is 0 Å². The minimum atomic E-state index is -0.993. The average molecular weight is 184 g/mol. The first-order chi connectivity index (χ1) is 5.53. The minimum Gasteiger partial charge on any atom is -0.365 e. The first-order valence-electron chi connectivity index (χ1n) is 4.88. The van der Waals surface area contributed by atoms with Crippen molar-refractivity contribution in [3.63, 3.8) is 0 Å². The highest BCUT2D eigenvalue weighted by molar-refractivity contribution is 6.80. The van der Waals surface area contributed by atoms with Crippen molar-refractivity contribution in [1.29, 1.82) is 0 Å². The van der Waals surface area contributed by atoms with Crippen LogP contribution in [0.4, 0.5) is 0 Å². The fourth-order valence-corrected chi connectivity index (χ4v) is 1.99. The van der Waals surface area contributed by atoms with Crippen molar-refractivity contribution in [2.45, 2.75) is 51.6 Å². The van der Waals surface area contributed by atoms with Crippen LogP contribution in [0.1, 0.15) is 19.8 Å². The van der Waals surface area contributed by atoms with E-state index >= 15 is 0 Å². The van der Waals surface area contributed by atoms with Crippen molar-refractivity contribution >= 4 is 8.07 Å². The van der Waals surface area contributed by atoms with Crippen LogP contribution in [0.15, 0.2) is 11.8 Å². The predicted octanol–water partition coefficient (Wildman–Crippen LogP) is 2.99. The molecule has 0 radical (unpaired) electrons. The summed E-state index contributed by atoms with van der Waals surface area (Å²) in [5, 5.41) is 0. The average Bonchev–Trinajstić information content (AvgIpc) is 2.63. The van der Waals surface area contributed by atoms with Crippen molar-refractivity contribution in [3.05, 3.63) is 11.8 Å². The lowest BCUT2D eigenvalue weighted by Gasteiger charge is -2.06. The summed E-state index contributed by atoms with van der Waals surface area (Å²) in [7, 11) is -0.993. The van der Waals surface area contributed by atoms with Gasteiger partial charge in [0.05, 0.1) is 14.2 Å². The zero-order chi connectivity index (χ0) is 9.19. The molecule has 70 valence electrons. The number of rotatable bonds is 4. The molecule has 0 aromatic heterocycles. The Hall–Kier alpha value is -0.0831. The van der Waals surface area contributed by atoms with Gasteiger partial charge in [-0.05, 0) is 6.42 Å². The Balaban J connectivity index is 2.23. The molecule has 0 bridgehead atoms. The van der Waals surface area contributed by atoms with E-state index < -0.39 is 8.07 Å². The van der Waals surface area contributed by atoms with Crippen molar-refractivity contribution in [1.82, 2.24) is 0 Å². The standard InChI is InChI=1S/C10H20OSi/c1-5-6-9-10(11-9)7-8-12(2,3)4/h7-10H,5-6H2,1-4H3/b8-7+. The molecule has 2 unspecified atom stereocenters. The second kappa shape index (κ2) is 3.75. The molecule has 0 aromatic carbocycles. The molecule has 1 saturated heterocycles. The molecular weight excluding hydrogens is 164 g/mol. The summed E-state index contributed by atoms with van der Waals surface area (Å²) in [6, 6.07) is 0. The van der Waals surface area contributed by atoms with Gasteiger partial charge in [0.2, 0.25) is 0 Å². The van der Waals surface area contributed by atoms with E-state index in [0.29, 0.717) is 12.2 Å². The molecule has 1 aliphatic rings. The molecule has 0 aromatic rings. The van der Waals surface area contributed by atoms with Gasteiger partial charge in [0.1, 0.15) is 6.10 Å². The topological polar surface area (TPSA) is 12.5 Å². The van der Waals surface area contributed by atoms with Crippen molar-refractivity contribution in [2.75, 3.05) is 0 Å². The second-order valence-electron chi connectivity index (χ2n) is 4.65. The zero-order valence-corrected chi connectivity index (χ0v) is 9.63. The number of ether oxygens (including phenoxy) is 1. The lowest BCUT2D eigenvalue weighted by atomic mass is 10.2. The Labute approximate surface area is 76.8 Å². The van der Waals surface area contributed by atoms with Crippen LogP contribution in [0.25, 0.3) is 0 Å². The Kier molecular flexibility index (Phi) is 3.13. The maximum absolute atomic E-state index is 5.49. The monoisotopic (exact) mass is 184 g/mol. The molecule has 2 heteroatoms. The first-order valence-corrected chi connectivity index (χ1v) is 8.45. The SMILES string of the molecule is CCCC1OC1/C=C/[Si](C)(C)C. The van der Waals surface area contributed by atoms with Crippen LogP contribution in [0.5, 0.6) is 0 Å². The van der Waals surface area contributed by atoms with E-state index in [1.54, 1.807) is 0 Å². The molecule has 0 spiro atoms. The van der Waals surface area contributed by atoms with Crippen LogP contribution in [0.3, 0.4) is 0 Å². The van der Waals surface area contributed by atoms with Crippen LogP contribution in [0, 0.1) is 0 Å². The van der Waals surface area contributed by atoms with Gasteiger partial charge in [-0.2, -0.15) is 0 Å². The molecule has 0 N–H and O–H groups in total. The minimum absolute atomic E-state index is 0.455. The lowest BCUT2D eigenvalue weighted by Crippen LogP contribution is -2.15. The number of hydrogen-bond acceptors (Lipinski definition) is 1. The van der Waals surface area contributed by atoms with Crippen LogP contribution in [-0.4, -0.2) is 20.3 Å². The van der Waals surface area contributed by atoms with E-state index in [4.69, 9.17) is 4.74 Å². The summed E-state index contributed by atoms with van der Waals surface area (Å²) >= 11 is 0. The first kappa shape index (κ1) is 10.0. The van der Waals surface area contributed by atoms with Crippen LogP contribution >= 0.6 is 0 Å².